The lowest BCUT2D eigenvalue weighted by Gasteiger charge is -2.33. The van der Waals surface area contributed by atoms with Gasteiger partial charge in [-0.1, -0.05) is 6.92 Å². The Morgan fingerprint density at radius 1 is 1.16 bits per heavy atom. The van der Waals surface area contributed by atoms with Crippen LogP contribution in [-0.2, 0) is 10.4 Å². The molecule has 0 spiro atoms. The number of likely N-dealkylation sites (N-methyl/N-ethyl adjacent to an activating group) is 1. The Bertz CT molecular complexity index is 353. The predicted molar refractivity (Wildman–Crippen MR) is 73.4 cm³/mol. The van der Waals surface area contributed by atoms with E-state index in [1.54, 1.807) is 0 Å². The van der Waals surface area contributed by atoms with Gasteiger partial charge in [0.15, 0.2) is 5.96 Å². The number of hydrogen-bond donors (Lipinski definition) is 4. The van der Waals surface area contributed by atoms with Gasteiger partial charge in [0, 0.05) is 32.7 Å². The summed E-state index contributed by atoms with van der Waals surface area (Å²) in [6, 6.07) is 0. The maximum atomic E-state index is 8.74. The standard InChI is InChI=1S/C9H21N5.H2O4S/c1-2-13-5-7-14(8-6-13)4-3-12-9(10)11;1-5(2,3)4/h2-8H2,1H3,(H4,10,11,12);(H2,1,2,3,4). The van der Waals surface area contributed by atoms with Gasteiger partial charge in [-0.05, 0) is 6.54 Å². The molecular formula is C9H23N5O4S. The summed E-state index contributed by atoms with van der Waals surface area (Å²) in [5.74, 6) is 0.192. The third kappa shape index (κ3) is 13.3. The van der Waals surface area contributed by atoms with E-state index in [0.717, 1.165) is 26.2 Å². The molecule has 0 aromatic carbocycles. The Hall–Kier alpha value is -0.940. The summed E-state index contributed by atoms with van der Waals surface area (Å²) < 4.78 is 31.6. The summed E-state index contributed by atoms with van der Waals surface area (Å²) in [6.07, 6.45) is 0. The second-order valence-corrected chi connectivity index (χ2v) is 4.93. The third-order valence-electron chi connectivity index (χ3n) is 2.62. The molecular weight excluding hydrogens is 274 g/mol. The molecule has 9 nitrogen and oxygen atoms in total. The van der Waals surface area contributed by atoms with E-state index >= 15 is 0 Å². The van der Waals surface area contributed by atoms with E-state index < -0.39 is 10.4 Å². The highest BCUT2D eigenvalue weighted by molar-refractivity contribution is 7.79. The van der Waals surface area contributed by atoms with E-state index in [9.17, 15) is 0 Å². The smallest absolute Gasteiger partial charge is 0.370 e. The molecule has 6 N–H and O–H groups in total. The van der Waals surface area contributed by atoms with E-state index in [0.29, 0.717) is 6.54 Å². The molecule has 0 atom stereocenters. The maximum Gasteiger partial charge on any atom is 0.394 e. The first-order chi connectivity index (χ1) is 8.72. The maximum absolute atomic E-state index is 8.74. The van der Waals surface area contributed by atoms with Crippen molar-refractivity contribution in [2.75, 3.05) is 45.8 Å². The highest BCUT2D eigenvalue weighted by atomic mass is 32.3. The van der Waals surface area contributed by atoms with Gasteiger partial charge < -0.3 is 16.4 Å². The fourth-order valence-corrected chi connectivity index (χ4v) is 1.65. The normalized spacial score (nSPS) is 17.4. The van der Waals surface area contributed by atoms with Crippen LogP contribution in [0.3, 0.4) is 0 Å². The van der Waals surface area contributed by atoms with Crippen molar-refractivity contribution >= 4 is 16.4 Å². The van der Waals surface area contributed by atoms with Crippen LogP contribution in [0.15, 0.2) is 4.99 Å². The fraction of sp³-hybridized carbons (Fsp3) is 0.889. The number of piperazine rings is 1. The third-order valence-corrected chi connectivity index (χ3v) is 2.62. The highest BCUT2D eigenvalue weighted by Gasteiger charge is 2.14. The zero-order valence-electron chi connectivity index (χ0n) is 11.1. The molecule has 1 fully saturated rings. The summed E-state index contributed by atoms with van der Waals surface area (Å²) in [6.45, 7) is 9.64. The molecule has 0 radical (unpaired) electrons. The average Bonchev–Trinajstić information content (AvgIpc) is 2.27. The lowest BCUT2D eigenvalue weighted by atomic mass is 10.3. The highest BCUT2D eigenvalue weighted by Crippen LogP contribution is 2.00. The monoisotopic (exact) mass is 297 g/mol. The summed E-state index contributed by atoms with van der Waals surface area (Å²) in [4.78, 5) is 8.83. The van der Waals surface area contributed by atoms with Crippen LogP contribution in [0.4, 0.5) is 0 Å². The molecule has 0 amide bonds. The van der Waals surface area contributed by atoms with Crippen LogP contribution in [0.5, 0.6) is 0 Å². The van der Waals surface area contributed by atoms with E-state index in [-0.39, 0.29) is 5.96 Å². The quantitative estimate of drug-likeness (QED) is 0.271. The van der Waals surface area contributed by atoms with Crippen molar-refractivity contribution in [3.63, 3.8) is 0 Å². The number of aliphatic imine (C=N–C) groups is 1. The van der Waals surface area contributed by atoms with Gasteiger partial charge in [0.05, 0.1) is 6.54 Å². The number of nitrogens with two attached hydrogens (primary N) is 2. The van der Waals surface area contributed by atoms with Crippen LogP contribution in [0.1, 0.15) is 6.92 Å². The first-order valence-electron chi connectivity index (χ1n) is 5.92. The van der Waals surface area contributed by atoms with Crippen molar-refractivity contribution in [1.29, 1.82) is 0 Å². The van der Waals surface area contributed by atoms with Gasteiger partial charge in [-0.15, -0.1) is 0 Å². The minimum Gasteiger partial charge on any atom is -0.370 e. The van der Waals surface area contributed by atoms with Gasteiger partial charge >= 0.3 is 10.4 Å². The Morgan fingerprint density at radius 3 is 1.95 bits per heavy atom. The van der Waals surface area contributed by atoms with Gasteiger partial charge in [0.25, 0.3) is 0 Å². The van der Waals surface area contributed by atoms with E-state index in [1.165, 1.54) is 13.1 Å². The molecule has 19 heavy (non-hydrogen) atoms. The van der Waals surface area contributed by atoms with Crippen LogP contribution in [0, 0.1) is 0 Å². The minimum absolute atomic E-state index is 0.192. The molecule has 0 unspecified atom stereocenters. The molecule has 0 aromatic heterocycles. The van der Waals surface area contributed by atoms with Crippen LogP contribution in [0.25, 0.3) is 0 Å². The van der Waals surface area contributed by atoms with Crippen LogP contribution in [-0.4, -0.2) is 79.1 Å². The van der Waals surface area contributed by atoms with Gasteiger partial charge in [0.1, 0.15) is 0 Å². The topological polar surface area (TPSA) is 145 Å². The molecule has 1 rings (SSSR count). The van der Waals surface area contributed by atoms with Crippen molar-refractivity contribution in [3.05, 3.63) is 0 Å². The summed E-state index contributed by atoms with van der Waals surface area (Å²) >= 11 is 0. The van der Waals surface area contributed by atoms with Crippen molar-refractivity contribution in [3.8, 4) is 0 Å². The Balaban J connectivity index is 0.000000555. The molecule has 0 saturated carbocycles. The lowest BCUT2D eigenvalue weighted by molar-refractivity contribution is 0.140. The van der Waals surface area contributed by atoms with Crippen LogP contribution >= 0.6 is 0 Å². The molecule has 0 bridgehead atoms. The molecule has 1 heterocycles. The fourth-order valence-electron chi connectivity index (χ4n) is 1.65. The number of hydrogen-bond acceptors (Lipinski definition) is 5. The van der Waals surface area contributed by atoms with Gasteiger partial charge in [-0.3, -0.25) is 19.0 Å². The van der Waals surface area contributed by atoms with Crippen molar-refractivity contribution in [2.45, 2.75) is 6.92 Å². The molecule has 114 valence electrons. The Kier molecular flexibility index (Phi) is 8.59. The van der Waals surface area contributed by atoms with Crippen molar-refractivity contribution in [1.82, 2.24) is 9.80 Å². The van der Waals surface area contributed by atoms with Crippen LogP contribution < -0.4 is 11.5 Å². The molecule has 0 aromatic rings. The first kappa shape index (κ1) is 18.1. The van der Waals surface area contributed by atoms with E-state index in [4.69, 9.17) is 29.0 Å². The zero-order chi connectivity index (χ0) is 14.9. The van der Waals surface area contributed by atoms with Crippen molar-refractivity contribution < 1.29 is 17.5 Å². The molecule has 1 aliphatic rings. The summed E-state index contributed by atoms with van der Waals surface area (Å²) in [7, 11) is -4.67. The van der Waals surface area contributed by atoms with Crippen molar-refractivity contribution in [2.24, 2.45) is 16.5 Å². The number of guanidine groups is 1. The Morgan fingerprint density at radius 2 is 1.58 bits per heavy atom. The van der Waals surface area contributed by atoms with Crippen LogP contribution in [0.2, 0.25) is 0 Å². The van der Waals surface area contributed by atoms with Gasteiger partial charge in [0.2, 0.25) is 0 Å². The first-order valence-corrected chi connectivity index (χ1v) is 7.32. The van der Waals surface area contributed by atoms with Gasteiger partial charge in [-0.2, -0.15) is 8.42 Å². The minimum atomic E-state index is -4.67. The molecule has 0 aliphatic carbocycles. The second-order valence-electron chi connectivity index (χ2n) is 4.03. The Labute approximate surface area is 113 Å². The summed E-state index contributed by atoms with van der Waals surface area (Å²) in [5, 5.41) is 0. The van der Waals surface area contributed by atoms with E-state index in [2.05, 4.69) is 21.7 Å². The zero-order valence-corrected chi connectivity index (χ0v) is 11.9. The lowest BCUT2D eigenvalue weighted by Crippen LogP contribution is -2.46. The number of rotatable bonds is 4. The number of nitrogens with zero attached hydrogens (tertiary/aromatic N) is 3. The molecule has 1 saturated heterocycles. The predicted octanol–water partition coefficient (Wildman–Crippen LogP) is -1.76. The second kappa shape index (κ2) is 9.04. The largest absolute Gasteiger partial charge is 0.394 e. The SMILES string of the molecule is CCN1CCN(CCN=C(N)N)CC1.O=S(=O)(O)O. The average molecular weight is 297 g/mol. The van der Waals surface area contributed by atoms with E-state index in [1.807, 2.05) is 0 Å². The van der Waals surface area contributed by atoms with Gasteiger partial charge in [-0.25, -0.2) is 0 Å². The summed E-state index contributed by atoms with van der Waals surface area (Å²) in [5.41, 5.74) is 10.5. The molecule has 1 aliphatic heterocycles. The molecule has 10 heteroatoms.